The minimum atomic E-state index is -4.63. The molecule has 26 heavy (non-hydrogen) atoms. The van der Waals surface area contributed by atoms with Gasteiger partial charge in [-0.25, -0.2) is 13.4 Å². The molecule has 0 atom stereocenters. The summed E-state index contributed by atoms with van der Waals surface area (Å²) in [6.07, 6.45) is -3.15. The molecule has 140 valence electrons. The molecular weight excluding hydrogens is 371 g/mol. The predicted molar refractivity (Wildman–Crippen MR) is 87.7 cm³/mol. The Balaban J connectivity index is 1.89. The molecule has 2 heterocycles. The summed E-state index contributed by atoms with van der Waals surface area (Å²) < 4.78 is 66.9. The molecule has 0 radical (unpaired) electrons. The first-order valence-electron chi connectivity index (χ1n) is 7.76. The van der Waals surface area contributed by atoms with Gasteiger partial charge >= 0.3 is 6.18 Å². The average Bonchev–Trinajstić information content (AvgIpc) is 2.57. The predicted octanol–water partition coefficient (Wildman–Crippen LogP) is 1.69. The van der Waals surface area contributed by atoms with E-state index in [0.717, 1.165) is 16.4 Å². The maximum Gasteiger partial charge on any atom is 0.416 e. The smallest absolute Gasteiger partial charge is 0.302 e. The Morgan fingerprint density at radius 3 is 2.62 bits per heavy atom. The second-order valence-electron chi connectivity index (χ2n) is 6.08. The van der Waals surface area contributed by atoms with Crippen LogP contribution in [0.25, 0.3) is 0 Å². The van der Waals surface area contributed by atoms with Gasteiger partial charge in [0.15, 0.2) is 0 Å². The van der Waals surface area contributed by atoms with Crippen molar-refractivity contribution in [3.63, 3.8) is 0 Å². The van der Waals surface area contributed by atoms with Gasteiger partial charge in [-0.15, -0.1) is 0 Å². The van der Waals surface area contributed by atoms with Gasteiger partial charge < -0.3 is 4.57 Å². The molecule has 10 heteroatoms. The van der Waals surface area contributed by atoms with Crippen molar-refractivity contribution in [1.82, 2.24) is 13.9 Å². The van der Waals surface area contributed by atoms with Gasteiger partial charge in [-0.1, -0.05) is 18.2 Å². The minimum absolute atomic E-state index is 0.0322. The lowest BCUT2D eigenvalue weighted by Gasteiger charge is -2.27. The summed E-state index contributed by atoms with van der Waals surface area (Å²) in [6.45, 7) is -0.0909. The number of halogens is 3. The Hall–Kier alpha value is -2.20. The molecule has 1 aromatic carbocycles. The second-order valence-corrected chi connectivity index (χ2v) is 8.05. The first kappa shape index (κ1) is 18.6. The van der Waals surface area contributed by atoms with Gasteiger partial charge in [0.05, 0.1) is 29.9 Å². The Morgan fingerprint density at radius 1 is 1.23 bits per heavy atom. The van der Waals surface area contributed by atoms with Crippen LogP contribution in [0.1, 0.15) is 22.4 Å². The van der Waals surface area contributed by atoms with Crippen molar-refractivity contribution in [2.75, 3.05) is 6.54 Å². The number of nitrogens with zero attached hydrogens (tertiary/aromatic N) is 3. The second kappa shape index (κ2) is 6.51. The summed E-state index contributed by atoms with van der Waals surface area (Å²) in [5.74, 6) is -0.761. The molecule has 0 N–H and O–H groups in total. The van der Waals surface area contributed by atoms with E-state index in [2.05, 4.69) is 4.98 Å². The van der Waals surface area contributed by atoms with E-state index in [1.807, 2.05) is 0 Å². The Morgan fingerprint density at radius 2 is 1.92 bits per heavy atom. The highest BCUT2D eigenvalue weighted by Gasteiger charge is 2.36. The molecule has 0 unspecified atom stereocenters. The number of fused-ring (bicyclic) bond motifs is 1. The average molecular weight is 387 g/mol. The van der Waals surface area contributed by atoms with E-state index in [1.54, 1.807) is 7.05 Å². The van der Waals surface area contributed by atoms with Crippen LogP contribution in [0, 0.1) is 0 Å². The molecule has 1 aliphatic rings. The van der Waals surface area contributed by atoms with Crippen LogP contribution in [-0.4, -0.2) is 28.8 Å². The third-order valence-corrected chi connectivity index (χ3v) is 6.08. The van der Waals surface area contributed by atoms with E-state index in [-0.39, 0.29) is 30.6 Å². The van der Waals surface area contributed by atoms with Crippen LogP contribution >= 0.6 is 0 Å². The van der Waals surface area contributed by atoms with E-state index < -0.39 is 27.5 Å². The van der Waals surface area contributed by atoms with Crippen LogP contribution in [-0.2, 0) is 42.0 Å². The lowest BCUT2D eigenvalue weighted by molar-refractivity contribution is -0.138. The minimum Gasteiger partial charge on any atom is -0.302 e. The standard InChI is InChI=1S/C16H16F3N3O3S/c1-21-10-20-14-8-22(7-6-12(14)15(21)23)26(24,25)9-11-4-2-3-5-13(11)16(17,18)19/h2-5,10H,6-9H2,1H3. The number of sulfonamides is 1. The molecule has 0 fully saturated rings. The topological polar surface area (TPSA) is 72.3 Å². The fourth-order valence-corrected chi connectivity index (χ4v) is 4.46. The fraction of sp³-hybridized carbons (Fsp3) is 0.375. The van der Waals surface area contributed by atoms with Crippen molar-refractivity contribution in [1.29, 1.82) is 0 Å². The third kappa shape index (κ3) is 3.51. The van der Waals surface area contributed by atoms with Gasteiger partial charge in [-0.3, -0.25) is 4.79 Å². The van der Waals surface area contributed by atoms with E-state index in [9.17, 15) is 26.4 Å². The summed E-state index contributed by atoms with van der Waals surface area (Å²) in [4.78, 5) is 16.1. The highest BCUT2D eigenvalue weighted by Crippen LogP contribution is 2.33. The molecule has 0 bridgehead atoms. The zero-order valence-corrected chi connectivity index (χ0v) is 14.6. The van der Waals surface area contributed by atoms with E-state index >= 15 is 0 Å². The van der Waals surface area contributed by atoms with Crippen molar-refractivity contribution < 1.29 is 21.6 Å². The molecule has 0 amide bonds. The fourth-order valence-electron chi connectivity index (χ4n) is 2.94. The number of aryl methyl sites for hydroxylation is 1. The van der Waals surface area contributed by atoms with Gasteiger partial charge in [-0.05, 0) is 18.1 Å². The van der Waals surface area contributed by atoms with Gasteiger partial charge in [0.1, 0.15) is 0 Å². The quantitative estimate of drug-likeness (QED) is 0.804. The van der Waals surface area contributed by atoms with Crippen molar-refractivity contribution in [3.8, 4) is 0 Å². The normalized spacial score (nSPS) is 15.7. The molecule has 1 aliphatic heterocycles. The van der Waals surface area contributed by atoms with Gasteiger partial charge in [0.25, 0.3) is 5.56 Å². The Bertz CT molecular complexity index is 1000. The lowest BCUT2D eigenvalue weighted by atomic mass is 10.1. The van der Waals surface area contributed by atoms with Gasteiger partial charge in [0.2, 0.25) is 10.0 Å². The van der Waals surface area contributed by atoms with Crippen molar-refractivity contribution in [2.24, 2.45) is 7.05 Å². The number of hydrogen-bond donors (Lipinski definition) is 0. The number of alkyl halides is 3. The third-order valence-electron chi connectivity index (χ3n) is 4.31. The molecular formula is C16H16F3N3O3S. The SMILES string of the molecule is Cn1cnc2c(c1=O)CCN(S(=O)(=O)Cc1ccccc1C(F)(F)F)C2. The number of aromatic nitrogens is 2. The highest BCUT2D eigenvalue weighted by atomic mass is 32.2. The monoisotopic (exact) mass is 387 g/mol. The summed E-state index contributed by atoms with van der Waals surface area (Å²) in [5.41, 5.74) is -0.727. The maximum atomic E-state index is 13.1. The summed E-state index contributed by atoms with van der Waals surface area (Å²) in [7, 11) is -2.45. The van der Waals surface area contributed by atoms with Crippen LogP contribution in [0.4, 0.5) is 13.2 Å². The molecule has 1 aromatic heterocycles. The summed E-state index contributed by atoms with van der Waals surface area (Å²) >= 11 is 0. The lowest BCUT2D eigenvalue weighted by Crippen LogP contribution is -2.40. The summed E-state index contributed by atoms with van der Waals surface area (Å²) in [5, 5.41) is 0. The first-order chi connectivity index (χ1) is 12.1. The summed E-state index contributed by atoms with van der Waals surface area (Å²) in [6, 6.07) is 4.61. The van der Waals surface area contributed by atoms with Crippen LogP contribution in [0.2, 0.25) is 0 Å². The zero-order valence-electron chi connectivity index (χ0n) is 13.8. The van der Waals surface area contributed by atoms with Crippen LogP contribution in [0.15, 0.2) is 35.4 Å². The van der Waals surface area contributed by atoms with E-state index in [0.29, 0.717) is 11.3 Å². The van der Waals surface area contributed by atoms with Crippen LogP contribution < -0.4 is 5.56 Å². The Kier molecular flexibility index (Phi) is 4.65. The highest BCUT2D eigenvalue weighted by molar-refractivity contribution is 7.88. The molecule has 0 spiro atoms. The Labute approximate surface area is 148 Å². The van der Waals surface area contributed by atoms with Crippen molar-refractivity contribution in [2.45, 2.75) is 24.9 Å². The molecule has 0 saturated heterocycles. The van der Waals surface area contributed by atoms with E-state index in [4.69, 9.17) is 0 Å². The number of hydrogen-bond acceptors (Lipinski definition) is 4. The van der Waals surface area contributed by atoms with Crippen molar-refractivity contribution >= 4 is 10.0 Å². The zero-order chi connectivity index (χ0) is 19.1. The largest absolute Gasteiger partial charge is 0.416 e. The molecule has 2 aromatic rings. The molecule has 0 aliphatic carbocycles. The van der Waals surface area contributed by atoms with E-state index in [1.165, 1.54) is 23.0 Å². The molecule has 6 nitrogen and oxygen atoms in total. The molecule has 0 saturated carbocycles. The van der Waals surface area contributed by atoms with Crippen molar-refractivity contribution in [3.05, 3.63) is 63.3 Å². The number of rotatable bonds is 3. The van der Waals surface area contributed by atoms with Crippen LogP contribution in [0.3, 0.4) is 0 Å². The van der Waals surface area contributed by atoms with Crippen LogP contribution in [0.5, 0.6) is 0 Å². The van der Waals surface area contributed by atoms with Gasteiger partial charge in [0, 0.05) is 19.2 Å². The maximum absolute atomic E-state index is 13.1. The molecule has 3 rings (SSSR count). The van der Waals surface area contributed by atoms with Gasteiger partial charge in [-0.2, -0.15) is 17.5 Å². The number of benzene rings is 1. The first-order valence-corrected chi connectivity index (χ1v) is 9.37.